The molecule has 0 rings (SSSR count). The number of hydrogen-bond acceptors (Lipinski definition) is 2. The topological polar surface area (TPSA) is 57.5 Å². The molecule has 0 fully saturated rings. The summed E-state index contributed by atoms with van der Waals surface area (Å²) in [6.45, 7) is 9.32. The predicted octanol–water partition coefficient (Wildman–Crippen LogP) is 3.06. The summed E-state index contributed by atoms with van der Waals surface area (Å²) in [5.74, 6) is -0.0307. The minimum absolute atomic E-state index is 0.461. The van der Waals surface area contributed by atoms with E-state index in [-0.39, 0.29) is 0 Å². The molecule has 0 aromatic rings. The summed E-state index contributed by atoms with van der Waals surface area (Å²) in [7, 11) is 0. The van der Waals surface area contributed by atoms with Crippen molar-refractivity contribution in [2.45, 2.75) is 65.9 Å². The molecule has 0 spiro atoms. The molecule has 0 saturated heterocycles. The van der Waals surface area contributed by atoms with Crippen LogP contribution in [0.4, 0.5) is 0 Å². The SMILES string of the molecule is CC(=O)O.CC(C)CCCCC(C)(C)O. The second-order valence-corrected chi connectivity index (χ2v) is 4.97. The molecule has 0 saturated carbocycles. The summed E-state index contributed by atoms with van der Waals surface area (Å²) in [5.41, 5.74) is -0.461. The van der Waals surface area contributed by atoms with E-state index in [1.807, 2.05) is 13.8 Å². The molecule has 0 bridgehead atoms. The molecule has 0 aromatic heterocycles. The van der Waals surface area contributed by atoms with E-state index in [2.05, 4.69) is 13.8 Å². The van der Waals surface area contributed by atoms with Crippen LogP contribution in [0, 0.1) is 5.92 Å². The van der Waals surface area contributed by atoms with E-state index in [0.717, 1.165) is 25.7 Å². The molecule has 0 aliphatic rings. The number of carboxylic acid groups (broad SMARTS) is 1. The maximum Gasteiger partial charge on any atom is 0.300 e. The first-order valence-electron chi connectivity index (χ1n) is 5.57. The highest BCUT2D eigenvalue weighted by atomic mass is 16.4. The zero-order chi connectivity index (χ0) is 12.5. The third kappa shape index (κ3) is 31.8. The van der Waals surface area contributed by atoms with Crippen LogP contribution >= 0.6 is 0 Å². The maximum atomic E-state index is 9.38. The van der Waals surface area contributed by atoms with Crippen LogP contribution in [0.1, 0.15) is 60.3 Å². The number of unbranched alkanes of at least 4 members (excludes halogenated alkanes) is 1. The van der Waals surface area contributed by atoms with Crippen molar-refractivity contribution in [3.8, 4) is 0 Å². The minimum atomic E-state index is -0.833. The lowest BCUT2D eigenvalue weighted by Crippen LogP contribution is -2.17. The summed E-state index contributed by atoms with van der Waals surface area (Å²) < 4.78 is 0. The lowest BCUT2D eigenvalue weighted by atomic mass is 9.98. The van der Waals surface area contributed by atoms with Gasteiger partial charge in [-0.05, 0) is 26.2 Å². The molecular formula is C12H26O3. The molecule has 3 nitrogen and oxygen atoms in total. The fourth-order valence-corrected chi connectivity index (χ4v) is 1.11. The van der Waals surface area contributed by atoms with Crippen LogP contribution in [0.15, 0.2) is 0 Å². The second kappa shape index (κ2) is 8.72. The number of hydrogen-bond donors (Lipinski definition) is 2. The largest absolute Gasteiger partial charge is 0.481 e. The van der Waals surface area contributed by atoms with Crippen LogP contribution in [0.3, 0.4) is 0 Å². The Hall–Kier alpha value is -0.570. The first-order valence-corrected chi connectivity index (χ1v) is 5.57. The average molecular weight is 218 g/mol. The van der Waals surface area contributed by atoms with E-state index in [0.29, 0.717) is 0 Å². The van der Waals surface area contributed by atoms with Gasteiger partial charge in [-0.15, -0.1) is 0 Å². The van der Waals surface area contributed by atoms with Gasteiger partial charge >= 0.3 is 0 Å². The van der Waals surface area contributed by atoms with Gasteiger partial charge in [-0.25, -0.2) is 0 Å². The van der Waals surface area contributed by atoms with Crippen molar-refractivity contribution in [1.82, 2.24) is 0 Å². The summed E-state index contributed by atoms with van der Waals surface area (Å²) in [6, 6.07) is 0. The first-order chi connectivity index (χ1) is 6.65. The highest BCUT2D eigenvalue weighted by molar-refractivity contribution is 5.62. The van der Waals surface area contributed by atoms with E-state index in [9.17, 15) is 5.11 Å². The fraction of sp³-hybridized carbons (Fsp3) is 0.917. The standard InChI is InChI=1S/C10H22O.C2H4O2/c1-9(2)7-5-6-8-10(3,4)11;1-2(3)4/h9,11H,5-8H2,1-4H3;1H3,(H,3,4). The average Bonchev–Trinajstić information content (AvgIpc) is 1.95. The Kier molecular flexibility index (Phi) is 9.79. The van der Waals surface area contributed by atoms with Crippen LogP contribution in [-0.2, 0) is 4.79 Å². The van der Waals surface area contributed by atoms with E-state index in [4.69, 9.17) is 9.90 Å². The van der Waals surface area contributed by atoms with E-state index in [1.54, 1.807) is 0 Å². The van der Waals surface area contributed by atoms with Crippen LogP contribution in [0.2, 0.25) is 0 Å². The highest BCUT2D eigenvalue weighted by Gasteiger charge is 2.10. The number of aliphatic carboxylic acids is 1. The molecule has 0 atom stereocenters. The third-order valence-corrected chi connectivity index (χ3v) is 1.82. The molecule has 0 unspecified atom stereocenters. The van der Waals surface area contributed by atoms with Crippen molar-refractivity contribution in [3.05, 3.63) is 0 Å². The molecule has 3 heteroatoms. The Morgan fingerprint density at radius 3 is 1.93 bits per heavy atom. The van der Waals surface area contributed by atoms with Gasteiger partial charge in [0, 0.05) is 6.92 Å². The number of rotatable bonds is 5. The van der Waals surface area contributed by atoms with Crippen LogP contribution < -0.4 is 0 Å². The molecule has 0 aliphatic carbocycles. The summed E-state index contributed by atoms with van der Waals surface area (Å²) in [4.78, 5) is 9.00. The van der Waals surface area contributed by atoms with Gasteiger partial charge in [0.15, 0.2) is 0 Å². The van der Waals surface area contributed by atoms with Crippen molar-refractivity contribution < 1.29 is 15.0 Å². The number of carbonyl (C=O) groups is 1. The maximum absolute atomic E-state index is 9.38. The van der Waals surface area contributed by atoms with Crippen molar-refractivity contribution >= 4 is 5.97 Å². The van der Waals surface area contributed by atoms with Crippen molar-refractivity contribution in [2.24, 2.45) is 5.92 Å². The quantitative estimate of drug-likeness (QED) is 0.697. The molecule has 92 valence electrons. The molecule has 15 heavy (non-hydrogen) atoms. The van der Waals surface area contributed by atoms with Crippen molar-refractivity contribution in [2.75, 3.05) is 0 Å². The van der Waals surface area contributed by atoms with E-state index in [1.165, 1.54) is 12.8 Å². The smallest absolute Gasteiger partial charge is 0.300 e. The minimum Gasteiger partial charge on any atom is -0.481 e. The molecule has 0 amide bonds. The first kappa shape index (κ1) is 16.8. The van der Waals surface area contributed by atoms with Gasteiger partial charge in [0.05, 0.1) is 5.60 Å². The van der Waals surface area contributed by atoms with Gasteiger partial charge in [0.25, 0.3) is 5.97 Å². The van der Waals surface area contributed by atoms with Gasteiger partial charge in [-0.3, -0.25) is 4.79 Å². The van der Waals surface area contributed by atoms with Gasteiger partial charge in [0.1, 0.15) is 0 Å². The molecule has 0 radical (unpaired) electrons. The Bertz CT molecular complexity index is 153. The molecule has 0 heterocycles. The van der Waals surface area contributed by atoms with Gasteiger partial charge in [-0.1, -0.05) is 33.1 Å². The Labute approximate surface area is 93.5 Å². The number of aliphatic hydroxyl groups is 1. The van der Waals surface area contributed by atoms with Crippen LogP contribution in [-0.4, -0.2) is 21.8 Å². The molecule has 0 aromatic carbocycles. The molecule has 2 N–H and O–H groups in total. The van der Waals surface area contributed by atoms with E-state index < -0.39 is 11.6 Å². The third-order valence-electron chi connectivity index (χ3n) is 1.82. The number of carboxylic acids is 1. The molecular weight excluding hydrogens is 192 g/mol. The lowest BCUT2D eigenvalue weighted by Gasteiger charge is -2.16. The van der Waals surface area contributed by atoms with Gasteiger partial charge in [0.2, 0.25) is 0 Å². The fourth-order valence-electron chi connectivity index (χ4n) is 1.11. The monoisotopic (exact) mass is 218 g/mol. The summed E-state index contributed by atoms with van der Waals surface area (Å²) in [5, 5.41) is 16.8. The van der Waals surface area contributed by atoms with Crippen LogP contribution in [0.5, 0.6) is 0 Å². The second-order valence-electron chi connectivity index (χ2n) is 4.97. The van der Waals surface area contributed by atoms with Crippen molar-refractivity contribution in [3.63, 3.8) is 0 Å². The van der Waals surface area contributed by atoms with Crippen LogP contribution in [0.25, 0.3) is 0 Å². The Morgan fingerprint density at radius 1 is 1.27 bits per heavy atom. The Morgan fingerprint density at radius 2 is 1.67 bits per heavy atom. The zero-order valence-corrected chi connectivity index (χ0v) is 10.7. The van der Waals surface area contributed by atoms with E-state index >= 15 is 0 Å². The highest BCUT2D eigenvalue weighted by Crippen LogP contribution is 2.15. The van der Waals surface area contributed by atoms with Gasteiger partial charge in [-0.2, -0.15) is 0 Å². The predicted molar refractivity (Wildman–Crippen MR) is 62.9 cm³/mol. The summed E-state index contributed by atoms with van der Waals surface area (Å²) >= 11 is 0. The van der Waals surface area contributed by atoms with Gasteiger partial charge < -0.3 is 10.2 Å². The zero-order valence-electron chi connectivity index (χ0n) is 10.7. The van der Waals surface area contributed by atoms with Crippen molar-refractivity contribution in [1.29, 1.82) is 0 Å². The Balaban J connectivity index is 0. The summed E-state index contributed by atoms with van der Waals surface area (Å²) in [6.07, 6.45) is 4.62. The normalized spacial score (nSPS) is 10.9. The molecule has 0 aliphatic heterocycles. The lowest BCUT2D eigenvalue weighted by molar-refractivity contribution is -0.134.